The second-order valence-corrected chi connectivity index (χ2v) is 6.44. The lowest BCUT2D eigenvalue weighted by molar-refractivity contribution is -0.126. The summed E-state index contributed by atoms with van der Waals surface area (Å²) in [4.78, 5) is 26.6. The van der Waals surface area contributed by atoms with Crippen molar-refractivity contribution in [1.82, 2.24) is 10.6 Å². The Morgan fingerprint density at radius 2 is 1.88 bits per heavy atom. The quantitative estimate of drug-likeness (QED) is 0.731. The summed E-state index contributed by atoms with van der Waals surface area (Å²) in [5, 5.41) is 8.33. The first-order valence-corrected chi connectivity index (χ1v) is 8.97. The van der Waals surface area contributed by atoms with Crippen LogP contribution in [0.2, 0.25) is 0 Å². The van der Waals surface area contributed by atoms with Crippen LogP contribution in [0.25, 0.3) is 10.8 Å². The third-order valence-electron chi connectivity index (χ3n) is 4.58. The molecule has 2 N–H and O–H groups in total. The van der Waals surface area contributed by atoms with Crippen LogP contribution >= 0.6 is 12.4 Å². The van der Waals surface area contributed by atoms with Crippen molar-refractivity contribution in [2.24, 2.45) is 5.92 Å². The lowest BCUT2D eigenvalue weighted by atomic mass is 10.1. The van der Waals surface area contributed by atoms with Crippen LogP contribution in [0.3, 0.4) is 0 Å². The number of anilines is 1. The molecule has 140 valence electrons. The van der Waals surface area contributed by atoms with Crippen LogP contribution in [0.15, 0.2) is 42.5 Å². The number of nitrogens with zero attached hydrogens (tertiary/aromatic N) is 1. The van der Waals surface area contributed by atoms with Crippen LogP contribution in [0.5, 0.6) is 0 Å². The molecule has 0 saturated carbocycles. The molecule has 0 aliphatic carbocycles. The van der Waals surface area contributed by atoms with Gasteiger partial charge in [-0.3, -0.25) is 9.59 Å². The Labute approximate surface area is 160 Å². The van der Waals surface area contributed by atoms with Crippen molar-refractivity contribution in [2.45, 2.75) is 19.8 Å². The van der Waals surface area contributed by atoms with Crippen molar-refractivity contribution in [3.63, 3.8) is 0 Å². The van der Waals surface area contributed by atoms with Gasteiger partial charge >= 0.3 is 0 Å². The molecule has 1 saturated heterocycles. The summed E-state index contributed by atoms with van der Waals surface area (Å²) in [6.45, 7) is 4.86. The summed E-state index contributed by atoms with van der Waals surface area (Å²) >= 11 is 0. The largest absolute Gasteiger partial charge is 0.355 e. The smallest absolute Gasteiger partial charge is 0.227 e. The number of amides is 2. The van der Waals surface area contributed by atoms with E-state index in [1.54, 1.807) is 4.90 Å². The minimum absolute atomic E-state index is 0. The zero-order chi connectivity index (χ0) is 17.6. The van der Waals surface area contributed by atoms with Gasteiger partial charge in [0.05, 0.1) is 11.6 Å². The average Bonchev–Trinajstić information content (AvgIpc) is 3.02. The predicted octanol–water partition coefficient (Wildman–Crippen LogP) is 2.73. The van der Waals surface area contributed by atoms with E-state index in [0.717, 1.165) is 36.0 Å². The summed E-state index contributed by atoms with van der Waals surface area (Å²) in [7, 11) is 0. The Hall–Kier alpha value is -2.11. The molecule has 1 fully saturated rings. The number of hydrogen-bond acceptors (Lipinski definition) is 3. The number of hydrogen-bond donors (Lipinski definition) is 2. The zero-order valence-corrected chi connectivity index (χ0v) is 15.8. The molecule has 1 heterocycles. The average molecular weight is 376 g/mol. The fourth-order valence-electron chi connectivity index (χ4n) is 3.28. The summed E-state index contributed by atoms with van der Waals surface area (Å²) in [6.07, 6.45) is 1.35. The van der Waals surface area contributed by atoms with Crippen molar-refractivity contribution >= 4 is 40.7 Å². The van der Waals surface area contributed by atoms with Crippen LogP contribution in [0.1, 0.15) is 19.8 Å². The molecule has 1 unspecified atom stereocenters. The normalized spacial score (nSPS) is 16.6. The van der Waals surface area contributed by atoms with E-state index in [2.05, 4.69) is 17.6 Å². The SMILES string of the molecule is CCCNCCNC(=O)C1CC(=O)N(c2cccc3ccccc23)C1.Cl. The molecule has 2 aromatic carbocycles. The van der Waals surface area contributed by atoms with Crippen LogP contribution in [-0.2, 0) is 9.59 Å². The molecule has 0 aromatic heterocycles. The number of halogens is 1. The number of rotatable bonds is 7. The van der Waals surface area contributed by atoms with Gasteiger partial charge in [-0.05, 0) is 24.4 Å². The van der Waals surface area contributed by atoms with Crippen molar-refractivity contribution < 1.29 is 9.59 Å². The summed E-state index contributed by atoms with van der Waals surface area (Å²) in [5.41, 5.74) is 0.892. The Morgan fingerprint density at radius 3 is 2.69 bits per heavy atom. The predicted molar refractivity (Wildman–Crippen MR) is 108 cm³/mol. The molecule has 3 rings (SSSR count). The van der Waals surface area contributed by atoms with E-state index in [1.165, 1.54) is 0 Å². The number of fused-ring (bicyclic) bond motifs is 1. The fourth-order valence-corrected chi connectivity index (χ4v) is 3.28. The number of carbonyl (C=O) groups is 2. The highest BCUT2D eigenvalue weighted by Gasteiger charge is 2.35. The Morgan fingerprint density at radius 1 is 1.12 bits per heavy atom. The lowest BCUT2D eigenvalue weighted by Crippen LogP contribution is -2.37. The Bertz CT molecular complexity index is 760. The van der Waals surface area contributed by atoms with Gasteiger partial charge in [-0.1, -0.05) is 43.3 Å². The molecule has 0 spiro atoms. The molecule has 1 atom stereocenters. The maximum atomic E-state index is 12.5. The topological polar surface area (TPSA) is 61.4 Å². The highest BCUT2D eigenvalue weighted by atomic mass is 35.5. The Kier molecular flexibility index (Phi) is 7.42. The standard InChI is InChI=1S/C20H25N3O2.ClH/c1-2-10-21-11-12-22-20(25)16-13-19(24)23(14-16)18-9-5-7-15-6-3-4-8-17(15)18;/h3-9,16,21H,2,10-14H2,1H3,(H,22,25);1H. The van der Waals surface area contributed by atoms with Gasteiger partial charge in [-0.25, -0.2) is 0 Å². The second-order valence-electron chi connectivity index (χ2n) is 6.44. The summed E-state index contributed by atoms with van der Waals surface area (Å²) in [5.74, 6) is -0.298. The van der Waals surface area contributed by atoms with Crippen molar-refractivity contribution in [3.8, 4) is 0 Å². The molecule has 0 bridgehead atoms. The van der Waals surface area contributed by atoms with Crippen LogP contribution in [0.4, 0.5) is 5.69 Å². The van der Waals surface area contributed by atoms with Gasteiger partial charge in [0.15, 0.2) is 0 Å². The molecule has 1 aliphatic heterocycles. The number of carbonyl (C=O) groups excluding carboxylic acids is 2. The highest BCUT2D eigenvalue weighted by molar-refractivity contribution is 6.06. The van der Waals surface area contributed by atoms with E-state index in [9.17, 15) is 9.59 Å². The summed E-state index contributed by atoms with van der Waals surface area (Å²) in [6, 6.07) is 14.0. The molecule has 2 aromatic rings. The van der Waals surface area contributed by atoms with Gasteiger partial charge in [0.2, 0.25) is 11.8 Å². The van der Waals surface area contributed by atoms with Crippen molar-refractivity contribution in [1.29, 1.82) is 0 Å². The molecule has 0 radical (unpaired) electrons. The van der Waals surface area contributed by atoms with Gasteiger partial charge in [-0.15, -0.1) is 12.4 Å². The van der Waals surface area contributed by atoms with Gasteiger partial charge in [0.1, 0.15) is 0 Å². The highest BCUT2D eigenvalue weighted by Crippen LogP contribution is 2.31. The van der Waals surface area contributed by atoms with E-state index < -0.39 is 0 Å². The van der Waals surface area contributed by atoms with Gasteiger partial charge in [0.25, 0.3) is 0 Å². The molecule has 6 heteroatoms. The number of nitrogens with one attached hydrogen (secondary N) is 2. The third kappa shape index (κ3) is 4.54. The summed E-state index contributed by atoms with van der Waals surface area (Å²) < 4.78 is 0. The molecule has 5 nitrogen and oxygen atoms in total. The van der Waals surface area contributed by atoms with Crippen molar-refractivity contribution in [3.05, 3.63) is 42.5 Å². The zero-order valence-electron chi connectivity index (χ0n) is 15.0. The second kappa shape index (κ2) is 9.55. The molecule has 26 heavy (non-hydrogen) atoms. The van der Waals surface area contributed by atoms with Gasteiger partial charge < -0.3 is 15.5 Å². The first kappa shape index (κ1) is 20.2. The maximum Gasteiger partial charge on any atom is 0.227 e. The monoisotopic (exact) mass is 375 g/mol. The molecular weight excluding hydrogens is 350 g/mol. The van der Waals surface area contributed by atoms with Crippen LogP contribution < -0.4 is 15.5 Å². The Balaban J connectivity index is 0.00000243. The molecular formula is C20H26ClN3O2. The van der Waals surface area contributed by atoms with E-state index in [0.29, 0.717) is 13.1 Å². The maximum absolute atomic E-state index is 12.5. The van der Waals surface area contributed by atoms with Crippen LogP contribution in [0, 0.1) is 5.92 Å². The van der Waals surface area contributed by atoms with E-state index in [-0.39, 0.29) is 36.6 Å². The fraction of sp³-hybridized carbons (Fsp3) is 0.400. The van der Waals surface area contributed by atoms with Crippen molar-refractivity contribution in [2.75, 3.05) is 31.1 Å². The number of benzene rings is 2. The molecule has 2 amide bonds. The minimum Gasteiger partial charge on any atom is -0.355 e. The van der Waals surface area contributed by atoms with E-state index >= 15 is 0 Å². The lowest BCUT2D eigenvalue weighted by Gasteiger charge is -2.19. The van der Waals surface area contributed by atoms with Gasteiger partial charge in [0, 0.05) is 31.4 Å². The van der Waals surface area contributed by atoms with Gasteiger partial charge in [-0.2, -0.15) is 0 Å². The van der Waals surface area contributed by atoms with E-state index in [4.69, 9.17) is 0 Å². The molecule has 1 aliphatic rings. The van der Waals surface area contributed by atoms with Crippen LogP contribution in [-0.4, -0.2) is 38.0 Å². The third-order valence-corrected chi connectivity index (χ3v) is 4.58. The minimum atomic E-state index is -0.280. The first-order chi connectivity index (χ1) is 12.2. The van der Waals surface area contributed by atoms with E-state index in [1.807, 2.05) is 42.5 Å². The first-order valence-electron chi connectivity index (χ1n) is 8.97.